The van der Waals surface area contributed by atoms with Crippen LogP contribution in [0.15, 0.2) is 54.6 Å². The van der Waals surface area contributed by atoms with Crippen LogP contribution in [0.1, 0.15) is 0 Å². The van der Waals surface area contributed by atoms with E-state index in [1.165, 1.54) is 26.9 Å². The maximum Gasteiger partial charge on any atom is 1.00 e. The number of nitrogen functional groups attached to an aromatic ring is 1. The van der Waals surface area contributed by atoms with E-state index >= 15 is 0 Å². The zero-order chi connectivity index (χ0) is 15.0. The molecule has 2 N–H and O–H groups in total. The summed E-state index contributed by atoms with van der Waals surface area (Å²) in [7, 11) is 0. The van der Waals surface area contributed by atoms with Crippen molar-refractivity contribution in [3.8, 4) is 0 Å². The molecule has 4 rings (SSSR count). The van der Waals surface area contributed by atoms with E-state index < -0.39 is 6.16 Å². The van der Waals surface area contributed by atoms with Gasteiger partial charge >= 0.3 is 103 Å². The van der Waals surface area contributed by atoms with E-state index in [2.05, 4.69) is 48.5 Å². The van der Waals surface area contributed by atoms with Crippen LogP contribution < -0.4 is 119 Å². The third kappa shape index (κ3) is 4.46. The number of nitrogens with two attached hydrogens (primary N) is 1. The van der Waals surface area contributed by atoms with E-state index in [0.717, 1.165) is 11.1 Å². The first-order chi connectivity index (χ1) is 10.1. The van der Waals surface area contributed by atoms with Gasteiger partial charge in [0.25, 0.3) is 0 Å². The van der Waals surface area contributed by atoms with Crippen LogP contribution in [0.2, 0.25) is 0 Å². The van der Waals surface area contributed by atoms with Gasteiger partial charge in [-0.2, -0.15) is 0 Å². The van der Waals surface area contributed by atoms with Crippen LogP contribution in [0.4, 0.5) is 10.5 Å². The Morgan fingerprint density at radius 3 is 1.74 bits per heavy atom. The fraction of sp³-hybridized carbons (Fsp3) is 0. The van der Waals surface area contributed by atoms with Gasteiger partial charge in [0.2, 0.25) is 0 Å². The molecule has 0 saturated heterocycles. The van der Waals surface area contributed by atoms with Crippen LogP contribution in [0.25, 0.3) is 32.3 Å². The van der Waals surface area contributed by atoms with Gasteiger partial charge in [0.15, 0.2) is 0 Å². The van der Waals surface area contributed by atoms with E-state index in [1.807, 2.05) is 6.07 Å². The Kier molecular flexibility index (Phi) is 8.43. The summed E-state index contributed by atoms with van der Waals surface area (Å²) in [4.78, 5) is 8.33. The Labute approximate surface area is 218 Å². The molecule has 0 fully saturated rings. The summed E-state index contributed by atoms with van der Waals surface area (Å²) in [5.74, 6) is 0. The zero-order valence-electron chi connectivity index (χ0n) is 13.0. The van der Waals surface area contributed by atoms with Crippen molar-refractivity contribution in [2.75, 3.05) is 5.73 Å². The molecule has 0 saturated carbocycles. The van der Waals surface area contributed by atoms with Crippen LogP contribution in [-0.2, 0) is 0 Å². The first-order valence-corrected chi connectivity index (χ1v) is 6.38. The minimum atomic E-state index is -2.33. The van der Waals surface area contributed by atoms with E-state index in [9.17, 15) is 0 Å². The number of rotatable bonds is 0. The van der Waals surface area contributed by atoms with Gasteiger partial charge in [0, 0.05) is 11.1 Å². The number of carbonyl (C=O) groups is 1. The SMILES string of the molecule is Nc1ccc2ccc3cccc4ccc1c2c34.O=C([O-])[O-].[K+].[K+]. The van der Waals surface area contributed by atoms with Gasteiger partial charge in [0.05, 0.1) is 0 Å². The number of hydrogen-bond donors (Lipinski definition) is 1. The van der Waals surface area contributed by atoms with Crippen molar-refractivity contribution in [2.24, 2.45) is 0 Å². The molecule has 6 heteroatoms. The van der Waals surface area contributed by atoms with Crippen LogP contribution >= 0.6 is 0 Å². The number of anilines is 1. The van der Waals surface area contributed by atoms with Gasteiger partial charge < -0.3 is 20.7 Å². The monoisotopic (exact) mass is 355 g/mol. The van der Waals surface area contributed by atoms with E-state index in [-0.39, 0.29) is 103 Å². The Bertz CT molecular complexity index is 937. The van der Waals surface area contributed by atoms with Gasteiger partial charge in [-0.05, 0) is 39.2 Å². The Morgan fingerprint density at radius 2 is 1.17 bits per heavy atom. The second-order valence-electron chi connectivity index (χ2n) is 4.76. The maximum absolute atomic E-state index is 8.33. The van der Waals surface area contributed by atoms with Crippen molar-refractivity contribution in [1.82, 2.24) is 0 Å². The molecule has 0 aliphatic rings. The number of carbonyl (C=O) groups excluding carboxylic acids is 1. The predicted octanol–water partition coefficient (Wildman–Crippen LogP) is -4.27. The normalized spacial score (nSPS) is 9.74. The summed E-state index contributed by atoms with van der Waals surface area (Å²) in [5, 5.41) is 24.3. The third-order valence-corrected chi connectivity index (χ3v) is 3.56. The summed E-state index contributed by atoms with van der Waals surface area (Å²) < 4.78 is 0. The molecule has 23 heavy (non-hydrogen) atoms. The zero-order valence-corrected chi connectivity index (χ0v) is 19.2. The van der Waals surface area contributed by atoms with Crippen molar-refractivity contribution < 1.29 is 118 Å². The van der Waals surface area contributed by atoms with Crippen molar-refractivity contribution in [3.05, 3.63) is 54.6 Å². The predicted molar refractivity (Wildman–Crippen MR) is 80.0 cm³/mol. The Morgan fingerprint density at radius 1 is 0.739 bits per heavy atom. The van der Waals surface area contributed by atoms with Crippen LogP contribution in [0.5, 0.6) is 0 Å². The minimum Gasteiger partial charge on any atom is -0.652 e. The molecule has 4 aromatic carbocycles. The molecule has 0 aliphatic carbocycles. The molecular formula is C17H11K2NO3. The average Bonchev–Trinajstić information content (AvgIpc) is 2.46. The van der Waals surface area contributed by atoms with Gasteiger partial charge in [-0.25, -0.2) is 0 Å². The first-order valence-electron chi connectivity index (χ1n) is 6.38. The standard InChI is InChI=1S/C16H11N.CH2O3.2K/c17-14-9-7-12-5-4-10-2-1-3-11-6-8-13(14)16(12)15(10)11;2-1(3)4;;/h1-9H,17H2;(H2,2,3,4);;/q;;2*+1/p-2. The smallest absolute Gasteiger partial charge is 0.652 e. The van der Waals surface area contributed by atoms with Crippen molar-refractivity contribution >= 4 is 44.2 Å². The van der Waals surface area contributed by atoms with Crippen molar-refractivity contribution in [1.29, 1.82) is 0 Å². The summed E-state index contributed by atoms with van der Waals surface area (Å²) in [6.07, 6.45) is -2.33. The molecule has 4 aromatic rings. The van der Waals surface area contributed by atoms with Crippen LogP contribution in [0.3, 0.4) is 0 Å². The molecule has 0 spiro atoms. The minimum absolute atomic E-state index is 0. The Hall–Kier alpha value is 0.263. The van der Waals surface area contributed by atoms with Crippen molar-refractivity contribution in [3.63, 3.8) is 0 Å². The van der Waals surface area contributed by atoms with Crippen molar-refractivity contribution in [2.45, 2.75) is 0 Å². The molecule has 104 valence electrons. The van der Waals surface area contributed by atoms with Gasteiger partial charge in [0.1, 0.15) is 0 Å². The largest absolute Gasteiger partial charge is 1.00 e. The molecule has 0 radical (unpaired) electrons. The summed E-state index contributed by atoms with van der Waals surface area (Å²) >= 11 is 0. The summed E-state index contributed by atoms with van der Waals surface area (Å²) in [6, 6.07) is 19.1. The van der Waals surface area contributed by atoms with E-state index in [1.54, 1.807) is 0 Å². The second-order valence-corrected chi connectivity index (χ2v) is 4.76. The van der Waals surface area contributed by atoms with Gasteiger partial charge in [-0.15, -0.1) is 0 Å². The molecule has 0 unspecified atom stereocenters. The van der Waals surface area contributed by atoms with Gasteiger partial charge in [-0.1, -0.05) is 48.5 Å². The van der Waals surface area contributed by atoms with E-state index in [4.69, 9.17) is 20.7 Å². The van der Waals surface area contributed by atoms with Gasteiger partial charge in [-0.3, -0.25) is 0 Å². The fourth-order valence-electron chi connectivity index (χ4n) is 2.76. The summed E-state index contributed by atoms with van der Waals surface area (Å²) in [5.41, 5.74) is 6.92. The number of carboxylic acid groups (broad SMARTS) is 2. The second kappa shape index (κ2) is 9.10. The third-order valence-electron chi connectivity index (χ3n) is 3.56. The average molecular weight is 355 g/mol. The number of hydrogen-bond acceptors (Lipinski definition) is 4. The number of benzene rings is 4. The maximum atomic E-state index is 8.33. The molecule has 4 nitrogen and oxygen atoms in total. The first kappa shape index (κ1) is 21.3. The molecule has 0 aliphatic heterocycles. The quantitative estimate of drug-likeness (QED) is 0.196. The fourth-order valence-corrected chi connectivity index (χ4v) is 2.76. The Balaban J connectivity index is 0.000000401. The molecule has 0 atom stereocenters. The topological polar surface area (TPSA) is 89.2 Å². The molecular weight excluding hydrogens is 344 g/mol. The molecule has 0 aromatic heterocycles. The van der Waals surface area contributed by atoms with E-state index in [0.29, 0.717) is 0 Å². The summed E-state index contributed by atoms with van der Waals surface area (Å²) in [6.45, 7) is 0. The molecule has 0 bridgehead atoms. The van der Waals surface area contributed by atoms with Crippen LogP contribution in [-0.4, -0.2) is 6.16 Å². The molecule has 0 heterocycles. The van der Waals surface area contributed by atoms with Crippen LogP contribution in [0, 0.1) is 0 Å². The molecule has 0 amide bonds.